The van der Waals surface area contributed by atoms with Crippen LogP contribution in [0.3, 0.4) is 0 Å². The molecule has 0 aliphatic carbocycles. The Hall–Kier alpha value is -1.74. The minimum Gasteiger partial charge on any atom is -0.477 e. The van der Waals surface area contributed by atoms with Gasteiger partial charge in [-0.2, -0.15) is 0 Å². The maximum atomic E-state index is 12.3. The van der Waals surface area contributed by atoms with Crippen molar-refractivity contribution < 1.29 is 23.4 Å². The molecule has 1 heterocycles. The Balaban J connectivity index is 2.32. The van der Waals surface area contributed by atoms with Gasteiger partial charge in [0.05, 0.1) is 12.6 Å². The van der Waals surface area contributed by atoms with Crippen molar-refractivity contribution in [3.8, 4) is 0 Å². The van der Waals surface area contributed by atoms with Gasteiger partial charge >= 0.3 is 5.97 Å². The van der Waals surface area contributed by atoms with Gasteiger partial charge in [0.15, 0.2) is 0 Å². The molecule has 1 unspecified atom stereocenters. The number of sulfonamides is 1. The van der Waals surface area contributed by atoms with Crippen LogP contribution in [-0.4, -0.2) is 31.2 Å². The van der Waals surface area contributed by atoms with E-state index in [0.29, 0.717) is 5.56 Å². The highest BCUT2D eigenvalue weighted by atomic mass is 32.2. The second-order valence-corrected chi connectivity index (χ2v) is 6.78. The standard InChI is InChI=1S/C13H13NO5S2/c15-8-10(9-4-2-1-3-5-9)14-21(18,19)11-6-7-20-12(11)13(16)17/h1-7,10,14-15H,8H2,(H,16,17). The molecular weight excluding hydrogens is 314 g/mol. The summed E-state index contributed by atoms with van der Waals surface area (Å²) in [5.74, 6) is -1.30. The fourth-order valence-electron chi connectivity index (χ4n) is 1.81. The number of hydrogen-bond acceptors (Lipinski definition) is 5. The van der Waals surface area contributed by atoms with Gasteiger partial charge in [-0.25, -0.2) is 17.9 Å². The van der Waals surface area contributed by atoms with Crippen LogP contribution in [-0.2, 0) is 10.0 Å². The minimum absolute atomic E-state index is 0.257. The van der Waals surface area contributed by atoms with Crippen molar-refractivity contribution >= 4 is 27.3 Å². The van der Waals surface area contributed by atoms with Gasteiger partial charge in [0, 0.05) is 0 Å². The minimum atomic E-state index is -4.03. The van der Waals surface area contributed by atoms with Crippen molar-refractivity contribution in [3.05, 3.63) is 52.2 Å². The van der Waals surface area contributed by atoms with Crippen LogP contribution in [0.1, 0.15) is 21.3 Å². The fourth-order valence-corrected chi connectivity index (χ4v) is 4.29. The van der Waals surface area contributed by atoms with Crippen molar-refractivity contribution in [1.29, 1.82) is 0 Å². The van der Waals surface area contributed by atoms with Crippen molar-refractivity contribution in [3.63, 3.8) is 0 Å². The molecular formula is C13H13NO5S2. The Morgan fingerprint density at radius 2 is 1.90 bits per heavy atom. The summed E-state index contributed by atoms with van der Waals surface area (Å²) in [5, 5.41) is 19.8. The first-order valence-corrected chi connectivity index (χ1v) is 8.31. The van der Waals surface area contributed by atoms with E-state index >= 15 is 0 Å². The molecule has 0 aliphatic rings. The lowest BCUT2D eigenvalue weighted by atomic mass is 10.1. The number of thiophene rings is 1. The molecule has 2 rings (SSSR count). The number of aliphatic hydroxyl groups excluding tert-OH is 1. The molecule has 0 spiro atoms. The molecule has 2 aromatic rings. The van der Waals surface area contributed by atoms with Gasteiger partial charge in [0.2, 0.25) is 10.0 Å². The third kappa shape index (κ3) is 3.48. The molecule has 1 aromatic carbocycles. The molecule has 0 saturated carbocycles. The Kier molecular flexibility index (Phi) is 4.73. The number of rotatable bonds is 6. The molecule has 1 aromatic heterocycles. The molecule has 8 heteroatoms. The number of nitrogens with one attached hydrogen (secondary N) is 1. The van der Waals surface area contributed by atoms with Crippen molar-refractivity contribution in [1.82, 2.24) is 4.72 Å². The van der Waals surface area contributed by atoms with E-state index < -0.39 is 28.6 Å². The average molecular weight is 327 g/mol. The summed E-state index contributed by atoms with van der Waals surface area (Å²) in [7, 11) is -4.03. The van der Waals surface area contributed by atoms with Crippen molar-refractivity contribution in [2.24, 2.45) is 0 Å². The van der Waals surface area contributed by atoms with Crippen LogP contribution in [0.5, 0.6) is 0 Å². The van der Waals surface area contributed by atoms with Gasteiger partial charge in [-0.05, 0) is 17.0 Å². The summed E-state index contributed by atoms with van der Waals surface area (Å²) >= 11 is 0.834. The van der Waals surface area contributed by atoms with E-state index in [2.05, 4.69) is 4.72 Å². The van der Waals surface area contributed by atoms with Crippen molar-refractivity contribution in [2.45, 2.75) is 10.9 Å². The van der Waals surface area contributed by atoms with Gasteiger partial charge in [-0.1, -0.05) is 30.3 Å². The fraction of sp³-hybridized carbons (Fsp3) is 0.154. The first-order chi connectivity index (χ1) is 9.95. The van der Waals surface area contributed by atoms with Crippen LogP contribution >= 0.6 is 11.3 Å². The lowest BCUT2D eigenvalue weighted by molar-refractivity contribution is 0.0698. The molecule has 112 valence electrons. The highest BCUT2D eigenvalue weighted by Gasteiger charge is 2.26. The number of aliphatic hydroxyl groups is 1. The molecule has 0 aliphatic heterocycles. The first kappa shape index (κ1) is 15.6. The lowest BCUT2D eigenvalue weighted by Crippen LogP contribution is -2.31. The maximum absolute atomic E-state index is 12.3. The molecule has 0 radical (unpaired) electrons. The summed E-state index contributed by atoms with van der Waals surface area (Å²) in [4.78, 5) is 10.5. The zero-order valence-corrected chi connectivity index (χ0v) is 12.4. The maximum Gasteiger partial charge on any atom is 0.347 e. The Morgan fingerprint density at radius 1 is 1.24 bits per heavy atom. The summed E-state index contributed by atoms with van der Waals surface area (Å²) in [6, 6.07) is 8.96. The lowest BCUT2D eigenvalue weighted by Gasteiger charge is -2.16. The highest BCUT2D eigenvalue weighted by molar-refractivity contribution is 7.89. The molecule has 0 amide bonds. The van der Waals surface area contributed by atoms with E-state index in [1.54, 1.807) is 30.3 Å². The molecule has 3 N–H and O–H groups in total. The van der Waals surface area contributed by atoms with E-state index in [9.17, 15) is 18.3 Å². The first-order valence-electron chi connectivity index (χ1n) is 5.94. The highest BCUT2D eigenvalue weighted by Crippen LogP contribution is 2.24. The van der Waals surface area contributed by atoms with Gasteiger partial charge in [-0.3, -0.25) is 0 Å². The zero-order chi connectivity index (χ0) is 15.5. The van der Waals surface area contributed by atoms with E-state index in [1.165, 1.54) is 11.4 Å². The number of carbonyl (C=O) groups is 1. The van der Waals surface area contributed by atoms with Crippen molar-refractivity contribution in [2.75, 3.05) is 6.61 Å². The Bertz CT molecular complexity index is 724. The summed E-state index contributed by atoms with van der Waals surface area (Å²) in [6.45, 7) is -0.435. The van der Waals surface area contributed by atoms with Gasteiger partial charge in [-0.15, -0.1) is 11.3 Å². The predicted octanol–water partition coefficient (Wildman–Crippen LogP) is 1.46. The molecule has 1 atom stereocenters. The SMILES string of the molecule is O=C(O)c1sccc1S(=O)(=O)NC(CO)c1ccccc1. The Labute approximate surface area is 125 Å². The number of benzene rings is 1. The van der Waals surface area contributed by atoms with Crippen LogP contribution in [0, 0.1) is 0 Å². The molecule has 0 fully saturated rings. The van der Waals surface area contributed by atoms with Gasteiger partial charge in [0.1, 0.15) is 9.77 Å². The monoisotopic (exact) mass is 327 g/mol. The second kappa shape index (κ2) is 6.35. The van der Waals surface area contributed by atoms with E-state index in [0.717, 1.165) is 11.3 Å². The third-order valence-electron chi connectivity index (χ3n) is 2.79. The largest absolute Gasteiger partial charge is 0.477 e. The van der Waals surface area contributed by atoms with E-state index in [1.807, 2.05) is 0 Å². The quantitative estimate of drug-likeness (QED) is 0.745. The molecule has 21 heavy (non-hydrogen) atoms. The average Bonchev–Trinajstić information content (AvgIpc) is 2.96. The topological polar surface area (TPSA) is 104 Å². The predicted molar refractivity (Wildman–Crippen MR) is 77.9 cm³/mol. The van der Waals surface area contributed by atoms with E-state index in [4.69, 9.17) is 5.11 Å². The normalized spacial score (nSPS) is 13.0. The summed E-state index contributed by atoms with van der Waals surface area (Å²) in [5.41, 5.74) is 0.593. The summed E-state index contributed by atoms with van der Waals surface area (Å²) < 4.78 is 26.9. The number of hydrogen-bond donors (Lipinski definition) is 3. The number of carboxylic acid groups (broad SMARTS) is 1. The smallest absolute Gasteiger partial charge is 0.347 e. The number of carboxylic acids is 1. The van der Waals surface area contributed by atoms with Crippen LogP contribution in [0.15, 0.2) is 46.7 Å². The summed E-state index contributed by atoms with van der Waals surface area (Å²) in [6.07, 6.45) is 0. The van der Waals surface area contributed by atoms with Gasteiger partial charge < -0.3 is 10.2 Å². The molecule has 0 bridgehead atoms. The Morgan fingerprint density at radius 3 is 2.48 bits per heavy atom. The second-order valence-electron chi connectivity index (χ2n) is 4.19. The van der Waals surface area contributed by atoms with Crippen LogP contribution in [0.25, 0.3) is 0 Å². The van der Waals surface area contributed by atoms with Crippen LogP contribution < -0.4 is 4.72 Å². The van der Waals surface area contributed by atoms with Gasteiger partial charge in [0.25, 0.3) is 0 Å². The zero-order valence-electron chi connectivity index (χ0n) is 10.8. The van der Waals surface area contributed by atoms with E-state index in [-0.39, 0.29) is 9.77 Å². The molecule has 0 saturated heterocycles. The number of aromatic carboxylic acids is 1. The van der Waals surface area contributed by atoms with Crippen LogP contribution in [0.2, 0.25) is 0 Å². The molecule has 6 nitrogen and oxygen atoms in total. The third-order valence-corrected chi connectivity index (χ3v) is 5.34. The van der Waals surface area contributed by atoms with Crippen LogP contribution in [0.4, 0.5) is 0 Å².